The fourth-order valence-corrected chi connectivity index (χ4v) is 2.76. The number of non-ortho nitro benzene ring substituents is 1. The Balaban J connectivity index is 2.65. The molecule has 0 aliphatic rings. The summed E-state index contributed by atoms with van der Waals surface area (Å²) in [4.78, 5) is 34.1. The van der Waals surface area contributed by atoms with E-state index in [2.05, 4.69) is 5.32 Å². The molecule has 0 fully saturated rings. The van der Waals surface area contributed by atoms with E-state index in [4.69, 9.17) is 5.11 Å². The number of carboxylic acids is 1. The van der Waals surface area contributed by atoms with Crippen molar-refractivity contribution in [3.8, 4) is 0 Å². The van der Waals surface area contributed by atoms with Gasteiger partial charge >= 0.3 is 5.97 Å². The topological polar surface area (TPSA) is 110 Å². The third-order valence-electron chi connectivity index (χ3n) is 3.05. The number of benzene rings is 1. The number of hydrogen-bond acceptors (Lipinski definition) is 5. The Hall–Kier alpha value is -2.09. The van der Waals surface area contributed by atoms with Crippen molar-refractivity contribution in [2.75, 3.05) is 0 Å². The number of rotatable bonds is 8. The van der Waals surface area contributed by atoms with Crippen molar-refractivity contribution < 1.29 is 19.6 Å². The van der Waals surface area contributed by atoms with Gasteiger partial charge < -0.3 is 10.4 Å². The third-order valence-corrected chi connectivity index (χ3v) is 4.16. The van der Waals surface area contributed by atoms with Crippen LogP contribution in [0.1, 0.15) is 27.2 Å². The molecule has 0 aromatic heterocycles. The van der Waals surface area contributed by atoms with E-state index in [9.17, 15) is 19.7 Å². The van der Waals surface area contributed by atoms with Crippen molar-refractivity contribution in [2.24, 2.45) is 5.92 Å². The summed E-state index contributed by atoms with van der Waals surface area (Å²) in [5, 5.41) is 21.8. The number of carboxylic acid groups (broad SMARTS) is 1. The summed E-state index contributed by atoms with van der Waals surface area (Å²) < 4.78 is 0. The lowest BCUT2D eigenvalue weighted by Crippen LogP contribution is -2.44. The first-order chi connectivity index (χ1) is 10.7. The Morgan fingerprint density at radius 2 is 1.83 bits per heavy atom. The van der Waals surface area contributed by atoms with Crippen LogP contribution in [0.5, 0.6) is 0 Å². The molecular formula is C15H20N2O5S. The predicted octanol–water partition coefficient (Wildman–Crippen LogP) is 2.69. The monoisotopic (exact) mass is 340 g/mol. The molecule has 0 saturated heterocycles. The van der Waals surface area contributed by atoms with Crippen LogP contribution >= 0.6 is 11.8 Å². The van der Waals surface area contributed by atoms with Crippen molar-refractivity contribution in [3.05, 3.63) is 34.4 Å². The van der Waals surface area contributed by atoms with Crippen molar-refractivity contribution in [2.45, 2.75) is 43.4 Å². The minimum absolute atomic E-state index is 0.0191. The van der Waals surface area contributed by atoms with Crippen LogP contribution < -0.4 is 5.32 Å². The molecule has 1 aromatic rings. The van der Waals surface area contributed by atoms with Gasteiger partial charge in [0.05, 0.1) is 10.2 Å². The normalized spacial score (nSPS) is 13.4. The van der Waals surface area contributed by atoms with E-state index < -0.39 is 22.2 Å². The highest BCUT2D eigenvalue weighted by Gasteiger charge is 2.24. The van der Waals surface area contributed by atoms with Crippen LogP contribution in [-0.4, -0.2) is 33.2 Å². The van der Waals surface area contributed by atoms with Crippen molar-refractivity contribution in [1.82, 2.24) is 5.32 Å². The van der Waals surface area contributed by atoms with Crippen molar-refractivity contribution in [3.63, 3.8) is 0 Å². The molecule has 1 amide bonds. The number of carbonyl (C=O) groups is 2. The first-order valence-corrected chi connectivity index (χ1v) is 8.03. The van der Waals surface area contributed by atoms with Gasteiger partial charge in [-0.2, -0.15) is 0 Å². The number of hydrogen-bond donors (Lipinski definition) is 2. The van der Waals surface area contributed by atoms with Gasteiger partial charge in [0.1, 0.15) is 6.04 Å². The lowest BCUT2D eigenvalue weighted by Gasteiger charge is -2.19. The van der Waals surface area contributed by atoms with Crippen LogP contribution in [0.3, 0.4) is 0 Å². The molecule has 126 valence electrons. The Morgan fingerprint density at radius 3 is 2.26 bits per heavy atom. The predicted molar refractivity (Wildman–Crippen MR) is 87.4 cm³/mol. The van der Waals surface area contributed by atoms with Gasteiger partial charge in [-0.15, -0.1) is 11.8 Å². The first kappa shape index (κ1) is 19.0. The fourth-order valence-electron chi connectivity index (χ4n) is 1.89. The Morgan fingerprint density at radius 1 is 1.26 bits per heavy atom. The van der Waals surface area contributed by atoms with E-state index in [-0.39, 0.29) is 17.5 Å². The zero-order valence-electron chi connectivity index (χ0n) is 13.2. The number of nitrogens with one attached hydrogen (secondary N) is 1. The van der Waals surface area contributed by atoms with E-state index in [1.54, 1.807) is 19.1 Å². The Kier molecular flexibility index (Phi) is 7.02. The minimum Gasteiger partial charge on any atom is -0.480 e. The van der Waals surface area contributed by atoms with Gasteiger partial charge in [0.2, 0.25) is 5.91 Å². The molecule has 1 aromatic carbocycles. The maximum Gasteiger partial charge on any atom is 0.326 e. The van der Waals surface area contributed by atoms with E-state index >= 15 is 0 Å². The Labute approximate surface area is 138 Å². The van der Waals surface area contributed by atoms with Gasteiger partial charge in [-0.1, -0.05) is 13.8 Å². The average molecular weight is 340 g/mol. The summed E-state index contributed by atoms with van der Waals surface area (Å²) in [6.45, 7) is 5.43. The number of aliphatic carboxylic acids is 1. The summed E-state index contributed by atoms with van der Waals surface area (Å²) >= 11 is 1.22. The summed E-state index contributed by atoms with van der Waals surface area (Å²) in [6.07, 6.45) is 0.357. The molecule has 0 radical (unpaired) electrons. The maximum atomic E-state index is 12.1. The lowest BCUT2D eigenvalue weighted by atomic mass is 10.0. The second-order valence-corrected chi connectivity index (χ2v) is 6.95. The zero-order chi connectivity index (χ0) is 17.6. The van der Waals surface area contributed by atoms with Crippen LogP contribution in [0.25, 0.3) is 0 Å². The smallest absolute Gasteiger partial charge is 0.326 e. The number of nitro benzene ring substituents is 1. The van der Waals surface area contributed by atoms with Gasteiger partial charge in [0, 0.05) is 17.0 Å². The molecule has 23 heavy (non-hydrogen) atoms. The molecule has 0 bridgehead atoms. The molecule has 0 spiro atoms. The average Bonchev–Trinajstić information content (AvgIpc) is 2.46. The van der Waals surface area contributed by atoms with Gasteiger partial charge in [-0.3, -0.25) is 14.9 Å². The fraction of sp³-hybridized carbons (Fsp3) is 0.467. The van der Waals surface area contributed by atoms with E-state index in [0.29, 0.717) is 11.3 Å². The molecule has 1 rings (SSSR count). The summed E-state index contributed by atoms with van der Waals surface area (Å²) in [6, 6.07) is 4.95. The van der Waals surface area contributed by atoms with Gasteiger partial charge in [-0.25, -0.2) is 4.79 Å². The molecule has 0 heterocycles. The second-order valence-electron chi connectivity index (χ2n) is 5.54. The Bertz CT molecular complexity index is 574. The third kappa shape index (κ3) is 6.27. The lowest BCUT2D eigenvalue weighted by molar-refractivity contribution is -0.384. The van der Waals surface area contributed by atoms with Crippen molar-refractivity contribution in [1.29, 1.82) is 0 Å². The van der Waals surface area contributed by atoms with Crippen LogP contribution in [-0.2, 0) is 9.59 Å². The van der Waals surface area contributed by atoms with Crippen LogP contribution in [0.15, 0.2) is 29.2 Å². The van der Waals surface area contributed by atoms with E-state index in [1.165, 1.54) is 23.9 Å². The van der Waals surface area contributed by atoms with E-state index in [0.717, 1.165) is 0 Å². The molecule has 0 aliphatic carbocycles. The minimum atomic E-state index is -1.06. The number of nitrogens with zero attached hydrogens (tertiary/aromatic N) is 1. The highest BCUT2D eigenvalue weighted by molar-refractivity contribution is 8.00. The number of carbonyl (C=O) groups excluding carboxylic acids is 1. The standard InChI is InChI=1S/C15H20N2O5S/c1-9(2)8-13(15(19)20)16-14(18)10(3)23-12-6-4-11(5-7-12)17(21)22/h4-7,9-10,13H,8H2,1-3H3,(H,16,18)(H,19,20)/t10?,13-/m0/s1. The number of amides is 1. The number of nitro groups is 1. The maximum absolute atomic E-state index is 12.1. The molecule has 8 heteroatoms. The summed E-state index contributed by atoms with van der Waals surface area (Å²) in [7, 11) is 0. The van der Waals surface area contributed by atoms with Gasteiger partial charge in [0.15, 0.2) is 0 Å². The molecule has 0 saturated carbocycles. The summed E-state index contributed by atoms with van der Waals surface area (Å²) in [5.74, 6) is -1.28. The van der Waals surface area contributed by atoms with Crippen molar-refractivity contribution >= 4 is 29.3 Å². The number of thioether (sulfide) groups is 1. The second kappa shape index (κ2) is 8.52. The highest BCUT2D eigenvalue weighted by atomic mass is 32.2. The SMILES string of the molecule is CC(C)C[C@H](NC(=O)C(C)Sc1ccc([N+](=O)[O-])cc1)C(=O)O. The van der Waals surface area contributed by atoms with Gasteiger partial charge in [0.25, 0.3) is 5.69 Å². The van der Waals surface area contributed by atoms with Crippen LogP contribution in [0.2, 0.25) is 0 Å². The molecule has 2 atom stereocenters. The largest absolute Gasteiger partial charge is 0.480 e. The summed E-state index contributed by atoms with van der Waals surface area (Å²) in [5.41, 5.74) is -0.0191. The zero-order valence-corrected chi connectivity index (χ0v) is 14.0. The van der Waals surface area contributed by atoms with Gasteiger partial charge in [-0.05, 0) is 31.4 Å². The molecular weight excluding hydrogens is 320 g/mol. The van der Waals surface area contributed by atoms with E-state index in [1.807, 2.05) is 13.8 Å². The highest BCUT2D eigenvalue weighted by Crippen LogP contribution is 2.25. The molecule has 7 nitrogen and oxygen atoms in total. The molecule has 1 unspecified atom stereocenters. The quantitative estimate of drug-likeness (QED) is 0.428. The van der Waals surface area contributed by atoms with Crippen LogP contribution in [0.4, 0.5) is 5.69 Å². The first-order valence-electron chi connectivity index (χ1n) is 7.15. The van der Waals surface area contributed by atoms with Crippen LogP contribution in [0, 0.1) is 16.0 Å². The molecule has 0 aliphatic heterocycles. The molecule has 2 N–H and O–H groups in total.